The predicted molar refractivity (Wildman–Crippen MR) is 236 cm³/mol. The number of aromatic nitrogens is 3. The molecule has 0 aliphatic carbocycles. The molecule has 2 aromatic heterocycles. The summed E-state index contributed by atoms with van der Waals surface area (Å²) in [5, 5.41) is 11.3. The molecule has 0 saturated carbocycles. The highest BCUT2D eigenvalue weighted by molar-refractivity contribution is 6.13. The van der Waals surface area contributed by atoms with E-state index in [4.69, 9.17) is 25.8 Å². The molecule has 0 atom stereocenters. The molecular formula is C53H34N4O. The molecule has 0 unspecified atom stereocenters. The van der Waals surface area contributed by atoms with Crippen LogP contribution in [0.15, 0.2) is 186 Å². The van der Waals surface area contributed by atoms with Crippen LogP contribution >= 0.6 is 0 Å². The van der Waals surface area contributed by atoms with Crippen molar-refractivity contribution in [3.8, 4) is 86.0 Å². The van der Waals surface area contributed by atoms with Gasteiger partial charge < -0.3 is 4.42 Å². The van der Waals surface area contributed by atoms with Crippen molar-refractivity contribution in [1.29, 1.82) is 5.26 Å². The second-order valence-corrected chi connectivity index (χ2v) is 13.9. The highest BCUT2D eigenvalue weighted by Crippen LogP contribution is 2.39. The normalized spacial score (nSPS) is 11.5. The molecule has 58 heavy (non-hydrogen) atoms. The highest BCUT2D eigenvalue weighted by Gasteiger charge is 2.18. The van der Waals surface area contributed by atoms with E-state index in [0.29, 0.717) is 23.0 Å². The molecule has 9 rings (SSSR count). The Hall–Kier alpha value is -8.12. The quantitative estimate of drug-likeness (QED) is 0.114. The molecule has 0 spiro atoms. The van der Waals surface area contributed by atoms with E-state index in [0.717, 1.165) is 72.0 Å². The van der Waals surface area contributed by atoms with Gasteiger partial charge in [0.05, 0.1) is 11.6 Å². The molecule has 7 aromatic carbocycles. The summed E-state index contributed by atoms with van der Waals surface area (Å²) in [4.78, 5) is 15.3. The number of hydrogen-bond donors (Lipinski definition) is 0. The van der Waals surface area contributed by atoms with E-state index in [9.17, 15) is 5.26 Å². The van der Waals surface area contributed by atoms with Gasteiger partial charge in [0.25, 0.3) is 0 Å². The van der Waals surface area contributed by atoms with Crippen LogP contribution in [0.5, 0.6) is 0 Å². The van der Waals surface area contributed by atoms with E-state index in [-0.39, 0.29) is 0 Å². The van der Waals surface area contributed by atoms with Crippen LogP contribution in [0.25, 0.3) is 95.1 Å². The molecule has 0 radical (unpaired) electrons. The van der Waals surface area contributed by atoms with Gasteiger partial charge in [-0.25, -0.2) is 15.0 Å². The second-order valence-electron chi connectivity index (χ2n) is 13.9. The van der Waals surface area contributed by atoms with Crippen LogP contribution < -0.4 is 0 Å². The van der Waals surface area contributed by atoms with E-state index < -0.39 is 0 Å². The van der Waals surface area contributed by atoms with Gasteiger partial charge in [0.15, 0.2) is 17.5 Å². The molecule has 5 nitrogen and oxygen atoms in total. The Kier molecular flexibility index (Phi) is 9.54. The standard InChI is InChI=1S/C53H34N4O/c1-3-4-6-12-35(2)44-15-9-10-16-46(44)53-56-51(42-29-25-40(26-30-42)38-21-19-36(34-54)20-22-38)55-52(57-53)43-31-32-47-49(33-43)58-48-18-11-17-45(50(47)48)41-27-23-39(24-28-41)37-13-7-5-8-14-37/h1,4-33H,2H3/b6-4-,35-12+. The zero-order chi connectivity index (χ0) is 39.4. The molecule has 0 fully saturated rings. The summed E-state index contributed by atoms with van der Waals surface area (Å²) >= 11 is 0. The van der Waals surface area contributed by atoms with Crippen LogP contribution in [-0.4, -0.2) is 15.0 Å². The van der Waals surface area contributed by atoms with Crippen LogP contribution in [0.2, 0.25) is 0 Å². The second kappa shape index (κ2) is 15.6. The van der Waals surface area contributed by atoms with Crippen LogP contribution in [0.4, 0.5) is 0 Å². The monoisotopic (exact) mass is 742 g/mol. The van der Waals surface area contributed by atoms with Gasteiger partial charge >= 0.3 is 0 Å². The molecule has 5 heteroatoms. The average molecular weight is 743 g/mol. The minimum absolute atomic E-state index is 0.527. The largest absolute Gasteiger partial charge is 0.456 e. The van der Waals surface area contributed by atoms with Gasteiger partial charge in [0, 0.05) is 27.5 Å². The van der Waals surface area contributed by atoms with Crippen molar-refractivity contribution in [2.24, 2.45) is 0 Å². The number of allylic oxidation sites excluding steroid dienone is 4. The lowest BCUT2D eigenvalue weighted by Crippen LogP contribution is -2.01. The molecule has 2 heterocycles. The lowest BCUT2D eigenvalue weighted by molar-refractivity contribution is 0.669. The Balaban J connectivity index is 1.15. The number of furan rings is 1. The number of hydrogen-bond acceptors (Lipinski definition) is 5. The first-order valence-electron chi connectivity index (χ1n) is 18.9. The number of fused-ring (bicyclic) bond motifs is 3. The Morgan fingerprint density at radius 1 is 0.552 bits per heavy atom. The van der Waals surface area contributed by atoms with Crippen LogP contribution in [0, 0.1) is 23.7 Å². The van der Waals surface area contributed by atoms with Gasteiger partial charge in [-0.1, -0.05) is 152 Å². The fourth-order valence-corrected chi connectivity index (χ4v) is 7.34. The summed E-state index contributed by atoms with van der Waals surface area (Å²) < 4.78 is 6.55. The average Bonchev–Trinajstić information content (AvgIpc) is 3.68. The van der Waals surface area contributed by atoms with Gasteiger partial charge in [-0.15, -0.1) is 6.42 Å². The highest BCUT2D eigenvalue weighted by atomic mass is 16.3. The lowest BCUT2D eigenvalue weighted by Gasteiger charge is -2.12. The van der Waals surface area contributed by atoms with Crippen molar-refractivity contribution in [2.45, 2.75) is 6.92 Å². The summed E-state index contributed by atoms with van der Waals surface area (Å²) in [5.74, 6) is 4.17. The minimum Gasteiger partial charge on any atom is -0.456 e. The first-order valence-corrected chi connectivity index (χ1v) is 18.9. The number of nitriles is 1. The lowest BCUT2D eigenvalue weighted by atomic mass is 9.96. The third kappa shape index (κ3) is 6.97. The molecule has 9 aromatic rings. The number of nitrogens with zero attached hydrogens (tertiary/aromatic N) is 4. The summed E-state index contributed by atoms with van der Waals surface area (Å²) in [6.07, 6.45) is 11.0. The van der Waals surface area contributed by atoms with Gasteiger partial charge in [-0.3, -0.25) is 0 Å². The van der Waals surface area contributed by atoms with Gasteiger partial charge in [-0.2, -0.15) is 5.26 Å². The minimum atomic E-state index is 0.527. The van der Waals surface area contributed by atoms with E-state index >= 15 is 0 Å². The van der Waals surface area contributed by atoms with Crippen LogP contribution in [-0.2, 0) is 0 Å². The molecular weight excluding hydrogens is 709 g/mol. The summed E-state index contributed by atoms with van der Waals surface area (Å²) in [6.45, 7) is 2.05. The third-order valence-corrected chi connectivity index (χ3v) is 10.3. The molecule has 0 aliphatic rings. The maximum Gasteiger partial charge on any atom is 0.164 e. The predicted octanol–water partition coefficient (Wildman–Crippen LogP) is 13.2. The maximum atomic E-state index is 9.26. The van der Waals surface area contributed by atoms with Crippen molar-refractivity contribution in [2.75, 3.05) is 0 Å². The molecule has 0 bridgehead atoms. The van der Waals surface area contributed by atoms with Crippen LogP contribution in [0.3, 0.4) is 0 Å². The molecule has 0 aliphatic heterocycles. The summed E-state index contributed by atoms with van der Waals surface area (Å²) in [7, 11) is 0. The zero-order valence-corrected chi connectivity index (χ0v) is 31.6. The fraction of sp³-hybridized carbons (Fsp3) is 0.0189. The summed E-state index contributed by atoms with van der Waals surface area (Å²) in [5.41, 5.74) is 13.3. The third-order valence-electron chi connectivity index (χ3n) is 10.3. The first kappa shape index (κ1) is 35.6. The van der Waals surface area contributed by atoms with Crippen LogP contribution in [0.1, 0.15) is 18.1 Å². The molecule has 272 valence electrons. The number of rotatable bonds is 8. The zero-order valence-electron chi connectivity index (χ0n) is 31.6. The fourth-order valence-electron chi connectivity index (χ4n) is 7.34. The Bertz CT molecular complexity index is 3110. The van der Waals surface area contributed by atoms with E-state index in [1.165, 1.54) is 11.1 Å². The van der Waals surface area contributed by atoms with Gasteiger partial charge in [0.1, 0.15) is 11.2 Å². The Morgan fingerprint density at radius 3 is 1.83 bits per heavy atom. The van der Waals surface area contributed by atoms with Crippen molar-refractivity contribution >= 4 is 27.5 Å². The van der Waals surface area contributed by atoms with Gasteiger partial charge in [0.2, 0.25) is 0 Å². The topological polar surface area (TPSA) is 75.6 Å². The van der Waals surface area contributed by atoms with Crippen molar-refractivity contribution in [3.63, 3.8) is 0 Å². The molecule has 0 amide bonds. The Labute approximate surface area is 337 Å². The maximum absolute atomic E-state index is 9.26. The smallest absolute Gasteiger partial charge is 0.164 e. The van der Waals surface area contributed by atoms with Gasteiger partial charge in [-0.05, 0) is 87.8 Å². The first-order chi connectivity index (χ1) is 28.6. The van der Waals surface area contributed by atoms with E-state index in [1.54, 1.807) is 6.08 Å². The van der Waals surface area contributed by atoms with Crippen molar-refractivity contribution in [1.82, 2.24) is 15.0 Å². The SMILES string of the molecule is C#C/C=C\C=C(/C)c1ccccc1-c1nc(-c2ccc(-c3ccc(C#N)cc3)cc2)nc(-c2ccc3c(c2)oc2cccc(-c4ccc(-c5ccccc5)cc4)c23)n1. The molecule has 0 N–H and O–H groups in total. The molecule has 0 saturated heterocycles. The summed E-state index contributed by atoms with van der Waals surface area (Å²) in [6, 6.07) is 57.5. The van der Waals surface area contributed by atoms with Crippen molar-refractivity contribution in [3.05, 3.63) is 193 Å². The number of terminal acetylenes is 1. The van der Waals surface area contributed by atoms with E-state index in [2.05, 4.69) is 84.8 Å². The van der Waals surface area contributed by atoms with E-state index in [1.807, 2.05) is 110 Å². The Morgan fingerprint density at radius 2 is 1.12 bits per heavy atom. The van der Waals surface area contributed by atoms with Crippen molar-refractivity contribution < 1.29 is 4.42 Å². The number of benzene rings is 7.